The zero-order chi connectivity index (χ0) is 65.4. The Kier molecular flexibility index (Phi) is 20.6. The lowest BCUT2D eigenvalue weighted by Gasteiger charge is -2.60. The fraction of sp³-hybridized carbons (Fsp3) is 0.580. The fourth-order valence-electron chi connectivity index (χ4n) is 15.2. The molecule has 11 atom stereocenters. The highest BCUT2D eigenvalue weighted by Crippen LogP contribution is 2.59. The van der Waals surface area contributed by atoms with Gasteiger partial charge in [0.15, 0.2) is 25.1 Å². The summed E-state index contributed by atoms with van der Waals surface area (Å²) >= 11 is 0. The van der Waals surface area contributed by atoms with Crippen LogP contribution < -0.4 is 34.9 Å². The molecule has 3 aromatic carbocycles. The Balaban J connectivity index is 0.000000235. The van der Waals surface area contributed by atoms with E-state index in [9.17, 15) is 44.7 Å². The number of carbonyl (C=O) groups excluding carboxylic acids is 5. The van der Waals surface area contributed by atoms with E-state index in [0.717, 1.165) is 56.0 Å². The van der Waals surface area contributed by atoms with Gasteiger partial charge in [0, 0.05) is 102 Å². The van der Waals surface area contributed by atoms with Gasteiger partial charge in [-0.25, -0.2) is 4.79 Å². The first kappa shape index (κ1) is 70.1. The van der Waals surface area contributed by atoms with Gasteiger partial charge in [0.1, 0.15) is 46.7 Å². The second-order valence-electron chi connectivity index (χ2n) is 26.4. The number of aliphatic hydroxyl groups is 1. The van der Waals surface area contributed by atoms with Crippen LogP contribution in [-0.4, -0.2) is 175 Å². The second kappa shape index (κ2) is 27.1. The average Bonchev–Trinajstić information content (AvgIpc) is 0.737. The number of phenols is 1. The minimum atomic E-state index is -0.900. The molecule has 8 aliphatic rings. The average molecular weight is 1270 g/mol. The van der Waals surface area contributed by atoms with Gasteiger partial charge in [-0.05, 0) is 142 Å². The predicted octanol–water partition coefficient (Wildman–Crippen LogP) is 7.69. The maximum absolute atomic E-state index is 13.5. The van der Waals surface area contributed by atoms with Crippen LogP contribution in [0.3, 0.4) is 0 Å². The highest BCUT2D eigenvalue weighted by Gasteiger charge is 2.59. The Hall–Kier alpha value is -7.77. The van der Waals surface area contributed by atoms with Crippen molar-refractivity contribution in [1.82, 2.24) is 35.6 Å². The Labute approximate surface area is 540 Å². The molecule has 0 radical (unpaired) electrons. The lowest BCUT2D eigenvalue weighted by molar-refractivity contribution is -0.134. The number of ether oxygens (including phenoxy) is 7. The number of carbonyl (C=O) groups is 5. The van der Waals surface area contributed by atoms with E-state index in [-0.39, 0.29) is 125 Å². The summed E-state index contributed by atoms with van der Waals surface area (Å²) in [5, 5.41) is 53.0. The first-order chi connectivity index (χ1) is 42.6. The minimum Gasteiger partial charge on any atom is -0.507 e. The first-order valence-corrected chi connectivity index (χ1v) is 30.8. The van der Waals surface area contributed by atoms with Crippen LogP contribution in [0.1, 0.15) is 149 Å². The number of piperazine rings is 2. The van der Waals surface area contributed by atoms with Crippen molar-refractivity contribution >= 4 is 29.5 Å². The molecule has 2 saturated heterocycles. The van der Waals surface area contributed by atoms with Gasteiger partial charge in [-0.3, -0.25) is 38.8 Å². The molecular weight excluding hydrogens is 1180 g/mol. The number of methoxy groups -OCH3 is 2. The number of alkyl carbamates (subject to hydrolysis) is 1. The van der Waals surface area contributed by atoms with Crippen molar-refractivity contribution in [2.24, 2.45) is 5.92 Å². The molecule has 2 fully saturated rings. The van der Waals surface area contributed by atoms with Crippen molar-refractivity contribution in [3.8, 4) is 40.9 Å². The monoisotopic (exact) mass is 1270 g/mol. The molecule has 7 aliphatic heterocycles. The lowest BCUT2D eigenvalue weighted by Crippen LogP contribution is -2.71. The number of Topliss-reactive ketones (excluding diaryl/α,β-unsaturated/α-hetero) is 2. The molecule has 2 unspecified atom stereocenters. The second-order valence-corrected chi connectivity index (χ2v) is 26.4. The highest BCUT2D eigenvalue weighted by molar-refractivity contribution is 6.50. The van der Waals surface area contributed by atoms with Gasteiger partial charge < -0.3 is 59.3 Å². The molecule has 7 heterocycles. The first-order valence-electron chi connectivity index (χ1n) is 30.8. The molecule has 0 aromatic heterocycles. The number of hydrogen-bond donors (Lipinski definition) is 5. The van der Waals surface area contributed by atoms with Gasteiger partial charge in [0.05, 0.1) is 36.3 Å². The molecule has 0 spiro atoms. The predicted molar refractivity (Wildman–Crippen MR) is 342 cm³/mol. The number of nitrogens with one attached hydrogen (secondary N) is 3. The van der Waals surface area contributed by atoms with Gasteiger partial charge in [-0.2, -0.15) is 10.5 Å². The summed E-state index contributed by atoms with van der Waals surface area (Å²) in [5.74, 6) is 0.0518. The van der Waals surface area contributed by atoms with E-state index < -0.39 is 59.4 Å². The van der Waals surface area contributed by atoms with Crippen LogP contribution in [0.25, 0.3) is 0 Å². The third kappa shape index (κ3) is 11.9. The van der Waals surface area contributed by atoms with E-state index in [1.54, 1.807) is 62.7 Å². The Bertz CT molecular complexity index is 3620. The number of rotatable bonds is 13. The number of hydrogen-bond acceptors (Lipinski definition) is 20. The molecule has 23 nitrogen and oxygen atoms in total. The van der Waals surface area contributed by atoms with Crippen molar-refractivity contribution in [3.05, 3.63) is 95.8 Å². The van der Waals surface area contributed by atoms with Crippen LogP contribution in [-0.2, 0) is 52.7 Å². The largest absolute Gasteiger partial charge is 0.507 e. The Morgan fingerprint density at radius 1 is 0.685 bits per heavy atom. The summed E-state index contributed by atoms with van der Waals surface area (Å²) in [6.45, 7) is 22.1. The molecule has 23 heteroatoms. The van der Waals surface area contributed by atoms with Gasteiger partial charge in [-0.1, -0.05) is 40.8 Å². The van der Waals surface area contributed by atoms with Gasteiger partial charge in [0.2, 0.25) is 30.2 Å². The van der Waals surface area contributed by atoms with Crippen LogP contribution >= 0.6 is 0 Å². The molecule has 11 rings (SSSR count). The number of amides is 3. The van der Waals surface area contributed by atoms with Crippen LogP contribution in [0.15, 0.2) is 34.6 Å². The number of aliphatic hydroxyl groups excluding tert-OH is 1. The van der Waals surface area contributed by atoms with Crippen LogP contribution in [0.2, 0.25) is 0 Å². The van der Waals surface area contributed by atoms with E-state index in [2.05, 4.69) is 68.9 Å². The molecule has 4 bridgehead atoms. The van der Waals surface area contributed by atoms with Crippen LogP contribution in [0.4, 0.5) is 4.79 Å². The number of phenolic OH excluding ortho intramolecular Hbond substituents is 1. The molecular formula is C69H93N9O14. The molecule has 3 amide bonds. The molecule has 1 aliphatic carbocycles. The fourth-order valence-corrected chi connectivity index (χ4v) is 15.2. The third-order valence-corrected chi connectivity index (χ3v) is 19.7. The normalized spacial score (nSPS) is 25.5. The number of nitrogens with zero attached hydrogens (tertiary/aromatic N) is 6. The number of ketones is 2. The van der Waals surface area contributed by atoms with E-state index in [1.165, 1.54) is 6.92 Å². The van der Waals surface area contributed by atoms with Gasteiger partial charge >= 0.3 is 6.09 Å². The van der Waals surface area contributed by atoms with E-state index in [4.69, 9.17) is 33.2 Å². The van der Waals surface area contributed by atoms with Crippen molar-refractivity contribution < 1.29 is 67.3 Å². The van der Waals surface area contributed by atoms with Crippen molar-refractivity contribution in [1.29, 1.82) is 10.5 Å². The lowest BCUT2D eigenvalue weighted by atomic mass is 9.69. The zero-order valence-electron chi connectivity index (χ0n) is 54.4. The number of likely N-dealkylation sites (N-methyl/N-ethyl adjacent to an activating group) is 2. The molecule has 498 valence electrons. The quantitative estimate of drug-likeness (QED) is 0.0623. The van der Waals surface area contributed by atoms with Crippen LogP contribution in [0.5, 0.6) is 28.7 Å². The smallest absolute Gasteiger partial charge is 0.408 e. The standard InChI is InChI=1S/C36H47N5O8.C31H38N4O6.2CH4/c1-17-10-21-11-23-25(13-37)41-24(29(40(23)8)27(21)31(18(17)2)46-15-45-9)12-22-28(33-32(47-16-48-33)19(3)30(22)42)26(41)14-38-34(43)20(4)39-35(44)49-36(5,6)7;1-14(2)31(39)33-12-23-25-19(27(36)17(5)28(37)29(25)38)10-21-26-24-18(8-15(3)16(4)30(24)41-13-40-7)9-20(34(26)6)22(11-32)35(21)23;;/h10,20,23-26,29,42H,11-12,14-16H2,1-9H3,(H,38,43)(H,39,44);8,14,20-23,26,36H,9-10,12-13H2,1-7H3,(H,33,39);2*1H4/t20-,23-,24?,25-,26-,29-;20-,21?,22-,23-,26-;;/m00../s1. The summed E-state index contributed by atoms with van der Waals surface area (Å²) < 4.78 is 40.3. The van der Waals surface area contributed by atoms with Crippen molar-refractivity contribution in [3.63, 3.8) is 0 Å². The maximum atomic E-state index is 13.5. The number of fused-ring (bicyclic) bond motifs is 15. The molecule has 5 N–H and O–H groups in total. The van der Waals surface area contributed by atoms with Crippen molar-refractivity contribution in [2.75, 3.05) is 61.8 Å². The summed E-state index contributed by atoms with van der Waals surface area (Å²) in [4.78, 5) is 73.8. The van der Waals surface area contributed by atoms with Crippen LogP contribution in [0, 0.1) is 63.2 Å². The maximum Gasteiger partial charge on any atom is 0.408 e. The number of benzene rings is 3. The summed E-state index contributed by atoms with van der Waals surface area (Å²) in [7, 11) is 7.22. The summed E-state index contributed by atoms with van der Waals surface area (Å²) in [5.41, 5.74) is 10.3. The molecule has 92 heavy (non-hydrogen) atoms. The Morgan fingerprint density at radius 2 is 1.17 bits per heavy atom. The van der Waals surface area contributed by atoms with E-state index in [1.807, 2.05) is 32.7 Å². The van der Waals surface area contributed by atoms with E-state index >= 15 is 0 Å². The van der Waals surface area contributed by atoms with Gasteiger partial charge in [-0.15, -0.1) is 0 Å². The number of aryl methyl sites for hydroxylation is 2. The number of allylic oxidation sites excluding steroid dienone is 2. The summed E-state index contributed by atoms with van der Waals surface area (Å²) in [6.07, 6.45) is 1.17. The minimum absolute atomic E-state index is 0. The number of aromatic hydroxyl groups is 1. The molecule has 0 saturated carbocycles. The zero-order valence-corrected chi connectivity index (χ0v) is 54.4. The Morgan fingerprint density at radius 3 is 1.67 bits per heavy atom. The van der Waals surface area contributed by atoms with Gasteiger partial charge in [0.25, 0.3) is 0 Å². The SMILES string of the molecule is C.C.COCOc1c(C)c(C)cc2c1[C@@H]1C3CC4=C(C(=O)C(=O)C(C)=C4O)[C@H](CNC(=O)C(C)C)N3[C@@H](C#N)[C@H](C2)N1C.COCOc1c(C)c(C)cc2c1[C@@H]1C3Cc4c(O)c(C)c5c(c4[C@H](CNC(=O)[C@H](C)NC(=O)OC(C)(C)C)N3[C@@H](C#N)[C@H](C2)N1C)OCO5. The third-order valence-electron chi connectivity index (χ3n) is 19.7. The highest BCUT2D eigenvalue weighted by atomic mass is 16.7. The van der Waals surface area contributed by atoms with Crippen molar-refractivity contribution in [2.45, 2.75) is 196 Å². The topological polar surface area (TPSA) is 287 Å². The molecule has 3 aromatic rings. The summed E-state index contributed by atoms with van der Waals surface area (Å²) in [6, 6.07) is 4.54. The number of nitriles is 2. The van der Waals surface area contributed by atoms with E-state index in [0.29, 0.717) is 53.0 Å².